The second-order valence-electron chi connectivity index (χ2n) is 4.45. The normalized spacial score (nSPS) is 10.6. The van der Waals surface area contributed by atoms with Crippen LogP contribution in [0.25, 0.3) is 11.3 Å². The van der Waals surface area contributed by atoms with E-state index in [0.29, 0.717) is 0 Å². The summed E-state index contributed by atoms with van der Waals surface area (Å²) in [6.45, 7) is 8.69. The van der Waals surface area contributed by atoms with Gasteiger partial charge < -0.3 is 10.3 Å². The molecule has 1 amide bonds. The third-order valence-electron chi connectivity index (χ3n) is 3.04. The molecule has 4 nitrogen and oxygen atoms in total. The van der Waals surface area contributed by atoms with Gasteiger partial charge in [0.05, 0.1) is 12.1 Å². The number of primary amides is 1. The summed E-state index contributed by atoms with van der Waals surface area (Å²) in [5.41, 5.74) is 9.53. The van der Waals surface area contributed by atoms with Crippen LogP contribution in [0.3, 0.4) is 0 Å². The Balaban J connectivity index is 2.36. The highest BCUT2D eigenvalue weighted by Gasteiger charge is 2.13. The van der Waals surface area contributed by atoms with Crippen LogP contribution in [0.5, 0.6) is 0 Å². The summed E-state index contributed by atoms with van der Waals surface area (Å²) < 4.78 is 2.19. The van der Waals surface area contributed by atoms with E-state index in [-0.39, 0.29) is 12.3 Å². The van der Waals surface area contributed by atoms with Gasteiger partial charge in [-0.15, -0.1) is 17.9 Å². The monoisotopic (exact) mass is 275 g/mol. The van der Waals surface area contributed by atoms with E-state index in [4.69, 9.17) is 5.73 Å². The van der Waals surface area contributed by atoms with E-state index in [2.05, 4.69) is 36.0 Å². The number of aromatic nitrogens is 2. The van der Waals surface area contributed by atoms with Crippen LogP contribution in [0.1, 0.15) is 16.4 Å². The molecule has 0 bridgehead atoms. The first-order chi connectivity index (χ1) is 9.02. The lowest BCUT2D eigenvalue weighted by molar-refractivity contribution is -0.117. The van der Waals surface area contributed by atoms with Gasteiger partial charge in [0.2, 0.25) is 5.91 Å². The van der Waals surface area contributed by atoms with Crippen LogP contribution in [0.15, 0.2) is 24.1 Å². The smallest absolute Gasteiger partial charge is 0.224 e. The molecule has 0 saturated heterocycles. The summed E-state index contributed by atoms with van der Waals surface area (Å²) in [6.07, 6.45) is 2.08. The van der Waals surface area contributed by atoms with Gasteiger partial charge in [-0.3, -0.25) is 4.79 Å². The highest BCUT2D eigenvalue weighted by atomic mass is 32.1. The van der Waals surface area contributed by atoms with Gasteiger partial charge in [-0.1, -0.05) is 6.08 Å². The molecule has 0 aromatic carbocycles. The zero-order valence-electron chi connectivity index (χ0n) is 11.1. The lowest BCUT2D eigenvalue weighted by atomic mass is 10.2. The van der Waals surface area contributed by atoms with E-state index in [1.165, 1.54) is 17.0 Å². The third-order valence-corrected chi connectivity index (χ3v) is 3.89. The van der Waals surface area contributed by atoms with Crippen molar-refractivity contribution in [3.05, 3.63) is 40.5 Å². The van der Waals surface area contributed by atoms with E-state index in [0.717, 1.165) is 28.5 Å². The third kappa shape index (κ3) is 2.76. The van der Waals surface area contributed by atoms with E-state index in [1.54, 1.807) is 0 Å². The maximum absolute atomic E-state index is 10.9. The number of rotatable bonds is 5. The molecule has 2 aromatic heterocycles. The summed E-state index contributed by atoms with van der Waals surface area (Å²) in [5.74, 6) is -0.349. The van der Waals surface area contributed by atoms with Crippen molar-refractivity contribution in [2.75, 3.05) is 0 Å². The number of nitrogens with zero attached hydrogens (tertiary/aromatic N) is 2. The summed E-state index contributed by atoms with van der Waals surface area (Å²) in [5, 5.41) is 2.73. The number of carbonyl (C=O) groups is 1. The molecule has 0 radical (unpaired) electrons. The van der Waals surface area contributed by atoms with Crippen LogP contribution in [0.4, 0.5) is 0 Å². The highest BCUT2D eigenvalue weighted by Crippen LogP contribution is 2.28. The largest absolute Gasteiger partial charge is 0.369 e. The Kier molecular flexibility index (Phi) is 3.85. The van der Waals surface area contributed by atoms with Crippen molar-refractivity contribution in [1.29, 1.82) is 0 Å². The molecule has 0 atom stereocenters. The predicted octanol–water partition coefficient (Wildman–Crippen LogP) is 2.44. The summed E-state index contributed by atoms with van der Waals surface area (Å²) >= 11 is 1.47. The summed E-state index contributed by atoms with van der Waals surface area (Å²) in [7, 11) is 0. The molecule has 2 aromatic rings. The molecule has 0 aliphatic heterocycles. The minimum absolute atomic E-state index is 0.204. The number of hydrogen-bond acceptors (Lipinski definition) is 3. The predicted molar refractivity (Wildman–Crippen MR) is 78.1 cm³/mol. The molecule has 100 valence electrons. The molecule has 2 rings (SSSR count). The van der Waals surface area contributed by atoms with Crippen LogP contribution in [0, 0.1) is 13.8 Å². The van der Waals surface area contributed by atoms with Crippen LogP contribution < -0.4 is 5.73 Å². The van der Waals surface area contributed by atoms with Crippen LogP contribution >= 0.6 is 11.3 Å². The SMILES string of the molecule is C=CCn1c(C)cc(-c2csc(CC(N)=O)n2)c1C. The lowest BCUT2D eigenvalue weighted by Gasteiger charge is -2.05. The van der Waals surface area contributed by atoms with Crippen molar-refractivity contribution in [3.63, 3.8) is 0 Å². The average Bonchev–Trinajstić information content (AvgIpc) is 2.88. The molecular weight excluding hydrogens is 258 g/mol. The molecular formula is C14H17N3OS. The molecule has 0 aliphatic carbocycles. The number of hydrogen-bond donors (Lipinski definition) is 1. The fraction of sp³-hybridized carbons (Fsp3) is 0.286. The van der Waals surface area contributed by atoms with Crippen LogP contribution in [0.2, 0.25) is 0 Å². The second kappa shape index (κ2) is 5.40. The van der Waals surface area contributed by atoms with E-state index in [1.807, 2.05) is 11.5 Å². The van der Waals surface area contributed by atoms with Gasteiger partial charge in [0, 0.05) is 28.9 Å². The van der Waals surface area contributed by atoms with Gasteiger partial charge in [0.25, 0.3) is 0 Å². The number of allylic oxidation sites excluding steroid dienone is 1. The Hall–Kier alpha value is -1.88. The van der Waals surface area contributed by atoms with Crippen molar-refractivity contribution >= 4 is 17.2 Å². The number of amides is 1. The zero-order chi connectivity index (χ0) is 14.0. The van der Waals surface area contributed by atoms with Gasteiger partial charge in [-0.05, 0) is 19.9 Å². The Morgan fingerprint density at radius 3 is 2.95 bits per heavy atom. The molecule has 0 fully saturated rings. The summed E-state index contributed by atoms with van der Waals surface area (Å²) in [4.78, 5) is 15.4. The van der Waals surface area contributed by atoms with Crippen LogP contribution in [-0.2, 0) is 17.8 Å². The maximum atomic E-state index is 10.9. The van der Waals surface area contributed by atoms with Gasteiger partial charge in [0.1, 0.15) is 5.01 Å². The molecule has 5 heteroatoms. The van der Waals surface area contributed by atoms with Crippen LogP contribution in [-0.4, -0.2) is 15.5 Å². The number of thiazole rings is 1. The highest BCUT2D eigenvalue weighted by molar-refractivity contribution is 7.10. The van der Waals surface area contributed by atoms with Gasteiger partial charge in [-0.25, -0.2) is 4.98 Å². The number of carbonyl (C=O) groups excluding carboxylic acids is 1. The topological polar surface area (TPSA) is 60.9 Å². The first-order valence-corrected chi connectivity index (χ1v) is 6.91. The van der Waals surface area contributed by atoms with E-state index >= 15 is 0 Å². The Labute approximate surface area is 116 Å². The number of nitrogens with two attached hydrogens (primary N) is 1. The second-order valence-corrected chi connectivity index (χ2v) is 5.40. The molecule has 0 spiro atoms. The average molecular weight is 275 g/mol. The fourth-order valence-electron chi connectivity index (χ4n) is 2.14. The van der Waals surface area contributed by atoms with E-state index in [9.17, 15) is 4.79 Å². The summed E-state index contributed by atoms with van der Waals surface area (Å²) in [6, 6.07) is 2.11. The lowest BCUT2D eigenvalue weighted by Crippen LogP contribution is -2.13. The van der Waals surface area contributed by atoms with Crippen molar-refractivity contribution in [2.24, 2.45) is 5.73 Å². The Bertz CT molecular complexity index is 625. The number of aryl methyl sites for hydroxylation is 1. The molecule has 19 heavy (non-hydrogen) atoms. The minimum atomic E-state index is -0.349. The van der Waals surface area contributed by atoms with Gasteiger partial charge in [0.15, 0.2) is 0 Å². The van der Waals surface area contributed by atoms with Crippen molar-refractivity contribution < 1.29 is 4.79 Å². The van der Waals surface area contributed by atoms with Crippen molar-refractivity contribution in [1.82, 2.24) is 9.55 Å². The first-order valence-electron chi connectivity index (χ1n) is 6.03. The quantitative estimate of drug-likeness (QED) is 0.852. The molecule has 2 heterocycles. The first kappa shape index (κ1) is 13.5. The fourth-order valence-corrected chi connectivity index (χ4v) is 2.94. The zero-order valence-corrected chi connectivity index (χ0v) is 12.0. The van der Waals surface area contributed by atoms with Gasteiger partial charge >= 0.3 is 0 Å². The standard InChI is InChI=1S/C14H17N3OS/c1-4-5-17-9(2)6-11(10(17)3)12-8-19-14(16-12)7-13(15)18/h4,6,8H,1,5,7H2,2-3H3,(H2,15,18). The van der Waals surface area contributed by atoms with E-state index < -0.39 is 0 Å². The molecule has 0 aliphatic rings. The molecule has 2 N–H and O–H groups in total. The molecule has 0 unspecified atom stereocenters. The Morgan fingerprint density at radius 2 is 2.32 bits per heavy atom. The van der Waals surface area contributed by atoms with Gasteiger partial charge in [-0.2, -0.15) is 0 Å². The van der Waals surface area contributed by atoms with Crippen molar-refractivity contribution in [2.45, 2.75) is 26.8 Å². The Morgan fingerprint density at radius 1 is 1.58 bits per heavy atom. The maximum Gasteiger partial charge on any atom is 0.224 e. The minimum Gasteiger partial charge on any atom is -0.369 e. The molecule has 0 saturated carbocycles. The van der Waals surface area contributed by atoms with Crippen molar-refractivity contribution in [3.8, 4) is 11.3 Å².